The van der Waals surface area contributed by atoms with E-state index in [1.165, 1.54) is 6.92 Å². The van der Waals surface area contributed by atoms with Crippen molar-refractivity contribution >= 4 is 36.3 Å². The lowest BCUT2D eigenvalue weighted by atomic mass is 10.0. The molecule has 3 aromatic rings. The van der Waals surface area contributed by atoms with E-state index >= 15 is 0 Å². The summed E-state index contributed by atoms with van der Waals surface area (Å²) in [6.45, 7) is 7.24. The summed E-state index contributed by atoms with van der Waals surface area (Å²) in [4.78, 5) is 43.0. The lowest BCUT2D eigenvalue weighted by Crippen LogP contribution is -2.26. The normalized spacial score (nSPS) is 11.6. The van der Waals surface area contributed by atoms with Crippen LogP contribution in [0.1, 0.15) is 22.9 Å². The van der Waals surface area contributed by atoms with Crippen LogP contribution in [0.4, 0.5) is 0 Å². The first-order valence-electron chi connectivity index (χ1n) is 8.28. The second-order valence-electron chi connectivity index (χ2n) is 6.21. The Morgan fingerprint density at radius 3 is 2.67 bits per heavy atom. The number of amides is 2. The number of imide groups is 1. The molecule has 0 unspecified atom stereocenters. The highest BCUT2D eigenvalue weighted by atomic mass is 32.1. The third-order valence-corrected chi connectivity index (χ3v) is 5.30. The number of benzene rings is 1. The molecule has 1 aromatic carbocycles. The van der Waals surface area contributed by atoms with Crippen molar-refractivity contribution in [2.45, 2.75) is 20.4 Å². The molecule has 0 aliphatic carbocycles. The Balaban J connectivity index is 1.94. The minimum atomic E-state index is -0.288. The first kappa shape index (κ1) is 18.6. The van der Waals surface area contributed by atoms with E-state index in [0.717, 1.165) is 31.3 Å². The van der Waals surface area contributed by atoms with Crippen LogP contribution in [0.3, 0.4) is 0 Å². The number of nitrogens with one attached hydrogen (secondary N) is 2. The SMILES string of the molecule is C=c1[nH]c(=O)/c(=C\c2ccc(-c3ccc(C)c(CN(C=O)C(C)=O)c3)s2)[nH]1. The molecule has 27 heavy (non-hydrogen) atoms. The Hall–Kier alpha value is -3.19. The number of thiophene rings is 1. The van der Waals surface area contributed by atoms with E-state index in [9.17, 15) is 14.4 Å². The van der Waals surface area contributed by atoms with E-state index in [0.29, 0.717) is 17.2 Å². The van der Waals surface area contributed by atoms with Gasteiger partial charge in [-0.3, -0.25) is 19.3 Å². The minimum absolute atomic E-state index is 0.203. The fraction of sp³-hybridized carbons (Fsp3) is 0.150. The first-order valence-corrected chi connectivity index (χ1v) is 9.10. The molecule has 3 rings (SSSR count). The van der Waals surface area contributed by atoms with Crippen molar-refractivity contribution < 1.29 is 9.59 Å². The standard InChI is InChI=1S/C20H19N3O3S/c1-12-4-5-15(8-16(12)10-23(11-24)14(3)25)19-7-6-17(27-19)9-18-20(26)22-13(2)21-18/h4-9,11,21H,2,10H2,1,3H3,(H,22,26)/b18-9+. The molecule has 0 aliphatic heterocycles. The quantitative estimate of drug-likeness (QED) is 0.657. The predicted octanol–water partition coefficient (Wildman–Crippen LogP) is 1.48. The van der Waals surface area contributed by atoms with Crippen LogP contribution in [-0.4, -0.2) is 27.2 Å². The van der Waals surface area contributed by atoms with E-state index in [-0.39, 0.29) is 18.0 Å². The molecule has 2 aromatic heterocycles. The van der Waals surface area contributed by atoms with E-state index in [2.05, 4.69) is 16.5 Å². The van der Waals surface area contributed by atoms with E-state index in [1.807, 2.05) is 37.3 Å². The number of aromatic amines is 2. The zero-order chi connectivity index (χ0) is 19.6. The van der Waals surface area contributed by atoms with Gasteiger partial charge in [-0.05, 0) is 47.9 Å². The van der Waals surface area contributed by atoms with E-state index in [1.54, 1.807) is 17.4 Å². The number of hydrogen-bond acceptors (Lipinski definition) is 4. The molecular formula is C20H19N3O3S. The van der Waals surface area contributed by atoms with Crippen LogP contribution in [0.15, 0.2) is 35.1 Å². The minimum Gasteiger partial charge on any atom is -0.338 e. The van der Waals surface area contributed by atoms with Gasteiger partial charge in [-0.25, -0.2) is 0 Å². The van der Waals surface area contributed by atoms with Crippen LogP contribution in [0, 0.1) is 6.92 Å². The van der Waals surface area contributed by atoms with Crippen LogP contribution in [0.5, 0.6) is 0 Å². The number of imidazole rings is 1. The van der Waals surface area contributed by atoms with Gasteiger partial charge in [0, 0.05) is 16.7 Å². The molecule has 7 heteroatoms. The Kier molecular flexibility index (Phi) is 5.23. The van der Waals surface area contributed by atoms with Crippen molar-refractivity contribution in [1.29, 1.82) is 0 Å². The largest absolute Gasteiger partial charge is 0.338 e. The second-order valence-corrected chi connectivity index (χ2v) is 7.33. The summed E-state index contributed by atoms with van der Waals surface area (Å²) >= 11 is 1.55. The average molecular weight is 381 g/mol. The van der Waals surface area contributed by atoms with Crippen molar-refractivity contribution in [2.75, 3.05) is 0 Å². The monoisotopic (exact) mass is 381 g/mol. The maximum Gasteiger partial charge on any atom is 0.273 e. The predicted molar refractivity (Wildman–Crippen MR) is 107 cm³/mol. The molecule has 0 bridgehead atoms. The zero-order valence-electron chi connectivity index (χ0n) is 15.0. The van der Waals surface area contributed by atoms with Gasteiger partial charge in [0.15, 0.2) is 0 Å². The Morgan fingerprint density at radius 1 is 1.26 bits per heavy atom. The summed E-state index contributed by atoms with van der Waals surface area (Å²) < 4.78 is 0. The van der Waals surface area contributed by atoms with Crippen LogP contribution in [0.2, 0.25) is 0 Å². The van der Waals surface area contributed by atoms with Crippen molar-refractivity contribution in [3.05, 3.63) is 67.5 Å². The molecular weight excluding hydrogens is 362 g/mol. The molecule has 0 saturated heterocycles. The summed E-state index contributed by atoms with van der Waals surface area (Å²) in [6.07, 6.45) is 2.33. The van der Waals surface area contributed by atoms with Crippen LogP contribution >= 0.6 is 11.3 Å². The summed E-state index contributed by atoms with van der Waals surface area (Å²) in [6, 6.07) is 9.88. The topological polar surface area (TPSA) is 86.0 Å². The number of nitrogens with zero attached hydrogens (tertiary/aromatic N) is 1. The Bertz CT molecular complexity index is 1170. The molecule has 2 N–H and O–H groups in total. The van der Waals surface area contributed by atoms with Crippen LogP contribution in [-0.2, 0) is 16.1 Å². The molecule has 0 fully saturated rings. The highest BCUT2D eigenvalue weighted by molar-refractivity contribution is 7.16. The number of aromatic nitrogens is 2. The number of carbonyl (C=O) groups excluding carboxylic acids is 2. The summed E-state index contributed by atoms with van der Waals surface area (Å²) in [5.41, 5.74) is 3.18. The first-order chi connectivity index (χ1) is 12.9. The number of rotatable bonds is 5. The van der Waals surface area contributed by atoms with Crippen molar-refractivity contribution in [1.82, 2.24) is 14.9 Å². The van der Waals surface area contributed by atoms with Gasteiger partial charge in [0.1, 0.15) is 10.8 Å². The third-order valence-electron chi connectivity index (χ3n) is 4.21. The molecule has 0 aliphatic rings. The van der Waals surface area contributed by atoms with Gasteiger partial charge in [0.2, 0.25) is 12.3 Å². The van der Waals surface area contributed by atoms with Gasteiger partial charge in [-0.2, -0.15) is 0 Å². The highest BCUT2D eigenvalue weighted by Crippen LogP contribution is 2.30. The molecule has 2 amide bonds. The van der Waals surface area contributed by atoms with Gasteiger partial charge in [-0.15, -0.1) is 11.3 Å². The van der Waals surface area contributed by atoms with Crippen molar-refractivity contribution in [2.24, 2.45) is 0 Å². The van der Waals surface area contributed by atoms with Gasteiger partial charge in [0.05, 0.1) is 6.54 Å². The molecule has 0 radical (unpaired) electrons. The molecule has 2 heterocycles. The fourth-order valence-corrected chi connectivity index (χ4v) is 3.63. The van der Waals surface area contributed by atoms with Gasteiger partial charge >= 0.3 is 0 Å². The summed E-state index contributed by atoms with van der Waals surface area (Å²) in [7, 11) is 0. The van der Waals surface area contributed by atoms with Crippen LogP contribution < -0.4 is 16.4 Å². The average Bonchev–Trinajstić information content (AvgIpc) is 3.20. The Morgan fingerprint density at radius 2 is 2.04 bits per heavy atom. The number of H-pyrrole nitrogens is 2. The number of hydrogen-bond donors (Lipinski definition) is 2. The van der Waals surface area contributed by atoms with Gasteiger partial charge < -0.3 is 9.97 Å². The third kappa shape index (κ3) is 4.15. The maximum absolute atomic E-state index is 11.8. The van der Waals surface area contributed by atoms with Gasteiger partial charge in [0.25, 0.3) is 5.56 Å². The van der Waals surface area contributed by atoms with E-state index < -0.39 is 0 Å². The molecule has 0 saturated carbocycles. The number of aryl methyl sites for hydroxylation is 1. The maximum atomic E-state index is 11.8. The second kappa shape index (κ2) is 7.59. The van der Waals surface area contributed by atoms with Gasteiger partial charge in [-0.1, -0.05) is 18.7 Å². The smallest absolute Gasteiger partial charge is 0.273 e. The summed E-state index contributed by atoms with van der Waals surface area (Å²) in [5, 5.41) is 0.459. The summed E-state index contributed by atoms with van der Waals surface area (Å²) in [5.74, 6) is -0.288. The molecule has 138 valence electrons. The van der Waals surface area contributed by atoms with Crippen molar-refractivity contribution in [3.8, 4) is 10.4 Å². The lowest BCUT2D eigenvalue weighted by Gasteiger charge is -2.15. The number of carbonyl (C=O) groups is 2. The van der Waals surface area contributed by atoms with E-state index in [4.69, 9.17) is 0 Å². The lowest BCUT2D eigenvalue weighted by molar-refractivity contribution is -0.137. The Labute approximate surface area is 159 Å². The van der Waals surface area contributed by atoms with Crippen LogP contribution in [0.25, 0.3) is 23.1 Å². The molecule has 0 atom stereocenters. The zero-order valence-corrected chi connectivity index (χ0v) is 15.9. The molecule has 0 spiro atoms. The fourth-order valence-electron chi connectivity index (χ4n) is 2.69. The highest BCUT2D eigenvalue weighted by Gasteiger charge is 2.11. The molecule has 6 nitrogen and oxygen atoms in total. The van der Waals surface area contributed by atoms with Crippen molar-refractivity contribution in [3.63, 3.8) is 0 Å².